The second kappa shape index (κ2) is 10.2. The molecule has 37 heavy (non-hydrogen) atoms. The molecule has 200 valence electrons. The molecule has 1 aliphatic carbocycles. The molecule has 0 radical (unpaired) electrons. The third-order valence-corrected chi connectivity index (χ3v) is 10.9. The van der Waals surface area contributed by atoms with E-state index in [1.807, 2.05) is 17.0 Å². The van der Waals surface area contributed by atoms with Crippen LogP contribution in [0.5, 0.6) is 0 Å². The van der Waals surface area contributed by atoms with Crippen LogP contribution in [0.3, 0.4) is 0 Å². The van der Waals surface area contributed by atoms with Gasteiger partial charge in [0, 0.05) is 44.7 Å². The van der Waals surface area contributed by atoms with Gasteiger partial charge >= 0.3 is 0 Å². The fraction of sp³-hybridized carbons (Fsp3) is 0.560. The quantitative estimate of drug-likeness (QED) is 0.207. The van der Waals surface area contributed by atoms with Gasteiger partial charge in [-0.05, 0) is 61.5 Å². The largest absolute Gasteiger partial charge is 0.399 e. The number of benzene rings is 1. The second-order valence-corrected chi connectivity index (χ2v) is 15.4. The molecule has 12 heteroatoms. The molecule has 6 rings (SSSR count). The topological polar surface area (TPSA) is 122 Å². The maximum absolute atomic E-state index is 14.8. The van der Waals surface area contributed by atoms with Crippen LogP contribution >= 0.6 is 63.7 Å². The van der Waals surface area contributed by atoms with Crippen LogP contribution < -0.4 is 16.4 Å². The number of ether oxygens (including phenoxy) is 4. The molecule has 1 aromatic rings. The zero-order valence-corrected chi connectivity index (χ0v) is 26.2. The lowest BCUT2D eigenvalue weighted by molar-refractivity contribution is -0.115. The number of alkyl halides is 2. The van der Waals surface area contributed by atoms with Crippen molar-refractivity contribution >= 4 is 81.0 Å². The molecule has 1 aromatic carbocycles. The highest BCUT2D eigenvalue weighted by Gasteiger charge is 2.51. The Kier molecular flexibility index (Phi) is 7.35. The van der Waals surface area contributed by atoms with E-state index in [9.17, 15) is 4.79 Å². The van der Waals surface area contributed by atoms with Crippen molar-refractivity contribution in [3.05, 3.63) is 43.5 Å². The highest BCUT2D eigenvalue weighted by Crippen LogP contribution is 2.55. The summed E-state index contributed by atoms with van der Waals surface area (Å²) in [5.74, 6) is -0.350. The third-order valence-electron chi connectivity index (χ3n) is 7.31. The Morgan fingerprint density at radius 3 is 2.14 bits per heavy atom. The molecule has 4 aliphatic heterocycles. The van der Waals surface area contributed by atoms with Gasteiger partial charge in [0.15, 0.2) is 0 Å². The Labute approximate surface area is 248 Å². The summed E-state index contributed by atoms with van der Waals surface area (Å²) in [6.07, 6.45) is 2.20. The average molecular weight is 769 g/mol. The maximum atomic E-state index is 14.8. The van der Waals surface area contributed by atoms with E-state index >= 15 is 0 Å². The van der Waals surface area contributed by atoms with Crippen LogP contribution in [0.15, 0.2) is 37.9 Å². The van der Waals surface area contributed by atoms with Crippen LogP contribution in [0.1, 0.15) is 18.4 Å². The van der Waals surface area contributed by atoms with E-state index in [0.29, 0.717) is 69.2 Å². The van der Waals surface area contributed by atoms with Crippen molar-refractivity contribution in [2.75, 3.05) is 43.6 Å². The zero-order chi connectivity index (χ0) is 26.1. The molecule has 8 nitrogen and oxygen atoms in total. The van der Waals surface area contributed by atoms with E-state index < -0.39 is 3.23 Å². The molecule has 5 unspecified atom stereocenters. The van der Waals surface area contributed by atoms with Gasteiger partial charge < -0.3 is 35.3 Å². The monoisotopic (exact) mass is 765 g/mol. The number of allylic oxidation sites excluding steroid dienone is 2. The number of hydrogen-bond donors (Lipinski definition) is 2. The average Bonchev–Trinajstić information content (AvgIpc) is 3.69. The number of carbonyl (C=O) groups excluding carboxylic acids is 1. The first-order chi connectivity index (χ1) is 17.6. The van der Waals surface area contributed by atoms with Crippen molar-refractivity contribution in [3.63, 3.8) is 0 Å². The van der Waals surface area contributed by atoms with E-state index in [1.165, 1.54) is 0 Å². The highest BCUT2D eigenvalue weighted by molar-refractivity contribution is 9.25. The van der Waals surface area contributed by atoms with Gasteiger partial charge in [-0.1, -0.05) is 31.9 Å². The zero-order valence-electron chi connectivity index (χ0n) is 19.9. The normalized spacial score (nSPS) is 31.4. The number of epoxide rings is 4. The van der Waals surface area contributed by atoms with Crippen molar-refractivity contribution < 1.29 is 23.7 Å². The fourth-order valence-electron chi connectivity index (χ4n) is 4.92. The predicted octanol–water partition coefficient (Wildman–Crippen LogP) is 4.26. The fourth-order valence-corrected chi connectivity index (χ4v) is 7.70. The molecule has 0 spiro atoms. The summed E-state index contributed by atoms with van der Waals surface area (Å²) in [4.78, 5) is 16.7. The van der Waals surface area contributed by atoms with Gasteiger partial charge in [0.25, 0.3) is 5.91 Å². The Morgan fingerprint density at radius 1 is 0.946 bits per heavy atom. The van der Waals surface area contributed by atoms with Crippen LogP contribution in [0.2, 0.25) is 0 Å². The number of nitrogens with two attached hydrogens (primary N) is 2. The number of anilines is 2. The minimum Gasteiger partial charge on any atom is -0.399 e. The van der Waals surface area contributed by atoms with E-state index in [2.05, 4.69) is 63.7 Å². The lowest BCUT2D eigenvalue weighted by Gasteiger charge is -2.40. The van der Waals surface area contributed by atoms with Crippen LogP contribution in [-0.2, 0) is 30.2 Å². The van der Waals surface area contributed by atoms with Gasteiger partial charge in [-0.25, -0.2) is 0 Å². The first kappa shape index (κ1) is 26.7. The van der Waals surface area contributed by atoms with Crippen molar-refractivity contribution in [3.8, 4) is 0 Å². The van der Waals surface area contributed by atoms with Crippen molar-refractivity contribution in [2.24, 2.45) is 11.7 Å². The molecule has 5 aliphatic rings. The predicted molar refractivity (Wildman–Crippen MR) is 154 cm³/mol. The van der Waals surface area contributed by atoms with Gasteiger partial charge in [0.2, 0.25) is 0 Å². The number of carbonyl (C=O) groups is 1. The third kappa shape index (κ3) is 5.73. The summed E-state index contributed by atoms with van der Waals surface area (Å²) in [5, 5.41) is 0. The summed E-state index contributed by atoms with van der Waals surface area (Å²) in [6, 6.07) is 3.88. The van der Waals surface area contributed by atoms with Gasteiger partial charge in [0.05, 0.1) is 63.1 Å². The van der Waals surface area contributed by atoms with Crippen LogP contribution in [0, 0.1) is 5.92 Å². The summed E-state index contributed by atoms with van der Waals surface area (Å²) in [6.45, 7) is 3.12. The molecule has 4 saturated heterocycles. The summed E-state index contributed by atoms with van der Waals surface area (Å²) >= 11 is 15.0. The molecule has 4 heterocycles. The molecular formula is C25H27Br4N3O5. The standard InChI is InChI=1S/C25H27Br4N3O5/c26-18-5-20(11(2-19(18)30)1-12-7-34-12)32(6-15-10-37-15)24(33)21-16(3-13-8-35-13)22(27)23(31)25(28,29)17(21)4-14-9-36-14/h2,5,12-15,17H,1,3-4,6-10,30-31H2. The van der Waals surface area contributed by atoms with Gasteiger partial charge in [-0.2, -0.15) is 0 Å². The smallest absolute Gasteiger partial charge is 0.254 e. The molecule has 0 aromatic heterocycles. The second-order valence-electron chi connectivity index (χ2n) is 10.2. The number of amides is 1. The van der Waals surface area contributed by atoms with Crippen LogP contribution in [-0.4, -0.2) is 66.5 Å². The number of rotatable bonds is 10. The van der Waals surface area contributed by atoms with Crippen molar-refractivity contribution in [1.82, 2.24) is 0 Å². The van der Waals surface area contributed by atoms with Crippen molar-refractivity contribution in [2.45, 2.75) is 46.9 Å². The Bertz CT molecular complexity index is 1190. The molecule has 5 atom stereocenters. The van der Waals surface area contributed by atoms with Crippen LogP contribution in [0.25, 0.3) is 0 Å². The summed E-state index contributed by atoms with van der Waals surface area (Å²) in [5.41, 5.74) is 17.5. The Morgan fingerprint density at radius 2 is 1.54 bits per heavy atom. The minimum absolute atomic E-state index is 0.0170. The first-order valence-electron chi connectivity index (χ1n) is 12.3. The van der Waals surface area contributed by atoms with E-state index in [1.54, 1.807) is 0 Å². The van der Waals surface area contributed by atoms with E-state index in [0.717, 1.165) is 25.8 Å². The molecule has 1 amide bonds. The summed E-state index contributed by atoms with van der Waals surface area (Å²) in [7, 11) is 0. The highest BCUT2D eigenvalue weighted by atomic mass is 79.9. The van der Waals surface area contributed by atoms with Gasteiger partial charge in [-0.15, -0.1) is 0 Å². The molecule has 4 fully saturated rings. The molecule has 4 N–H and O–H groups in total. The number of halogens is 4. The van der Waals surface area contributed by atoms with Gasteiger partial charge in [-0.3, -0.25) is 4.79 Å². The maximum Gasteiger partial charge on any atom is 0.254 e. The first-order valence-corrected chi connectivity index (χ1v) is 15.4. The number of hydrogen-bond acceptors (Lipinski definition) is 7. The summed E-state index contributed by atoms with van der Waals surface area (Å²) < 4.78 is 23.0. The minimum atomic E-state index is -0.808. The van der Waals surface area contributed by atoms with Gasteiger partial charge in [0.1, 0.15) is 3.23 Å². The molecule has 0 bridgehead atoms. The Hall–Kier alpha value is -0.470. The number of nitrogens with zero attached hydrogens (tertiary/aromatic N) is 1. The molecular weight excluding hydrogens is 742 g/mol. The SMILES string of the molecule is NC1=C(Br)C(CC2CO2)=C(C(=O)N(CC2CO2)c2cc(Br)c(N)cc2CC2CO2)C(CC2CO2)C1(Br)Br. The van der Waals surface area contributed by atoms with E-state index in [4.69, 9.17) is 30.4 Å². The number of nitrogen functional groups attached to an aromatic ring is 1. The van der Waals surface area contributed by atoms with E-state index in [-0.39, 0.29) is 36.2 Å². The Balaban J connectivity index is 1.47. The van der Waals surface area contributed by atoms with Crippen molar-refractivity contribution in [1.29, 1.82) is 0 Å². The lowest BCUT2D eigenvalue weighted by Crippen LogP contribution is -2.45. The molecule has 0 saturated carbocycles. The van der Waals surface area contributed by atoms with Crippen LogP contribution in [0.4, 0.5) is 11.4 Å². The lowest BCUT2D eigenvalue weighted by atomic mass is 9.80.